The van der Waals surface area contributed by atoms with E-state index in [0.717, 1.165) is 5.69 Å². The molecule has 8 heteroatoms. The van der Waals surface area contributed by atoms with Gasteiger partial charge in [0.1, 0.15) is 0 Å². The van der Waals surface area contributed by atoms with Gasteiger partial charge in [-0.3, -0.25) is 9.48 Å². The second kappa shape index (κ2) is 5.83. The van der Waals surface area contributed by atoms with E-state index in [4.69, 9.17) is 5.11 Å². The normalized spacial score (nSPS) is 11.7. The summed E-state index contributed by atoms with van der Waals surface area (Å²) in [5.41, 5.74) is 1.29. The first kappa shape index (κ1) is 15.2. The van der Waals surface area contributed by atoms with Gasteiger partial charge in [-0.15, -0.1) is 0 Å². The molecule has 0 aromatic carbocycles. The molecule has 6 nitrogen and oxygen atoms in total. The number of aromatic nitrogens is 2. The molecule has 0 saturated heterocycles. The molecule has 1 aromatic heterocycles. The zero-order valence-corrected chi connectivity index (χ0v) is 12.6. The summed E-state index contributed by atoms with van der Waals surface area (Å²) in [5, 5.41) is 12.7. The van der Waals surface area contributed by atoms with Crippen molar-refractivity contribution in [1.29, 1.82) is 0 Å². The third-order valence-corrected chi connectivity index (χ3v) is 5.01. The average molecular weight is 339 g/mol. The second-order valence-corrected chi connectivity index (χ2v) is 6.87. The summed E-state index contributed by atoms with van der Waals surface area (Å²) in [4.78, 5) is 10.4. The van der Waals surface area contributed by atoms with Crippen LogP contribution < -0.4 is 0 Å². The molecule has 0 unspecified atom stereocenters. The van der Waals surface area contributed by atoms with Crippen molar-refractivity contribution >= 4 is 31.7 Å². The van der Waals surface area contributed by atoms with Crippen molar-refractivity contribution in [1.82, 2.24) is 9.78 Å². The van der Waals surface area contributed by atoms with Crippen molar-refractivity contribution in [3.63, 3.8) is 0 Å². The van der Waals surface area contributed by atoms with Crippen molar-refractivity contribution in [3.8, 4) is 0 Å². The Morgan fingerprint density at radius 3 is 2.61 bits per heavy atom. The molecule has 0 bridgehead atoms. The molecule has 0 radical (unpaired) electrons. The zero-order chi connectivity index (χ0) is 13.9. The fraction of sp³-hybridized carbons (Fsp3) is 0.600. The van der Waals surface area contributed by atoms with Crippen LogP contribution in [-0.4, -0.2) is 35.0 Å². The molecular formula is C10H15BrN2O4S. The minimum Gasteiger partial charge on any atom is -0.481 e. The van der Waals surface area contributed by atoms with Crippen molar-refractivity contribution < 1.29 is 18.3 Å². The summed E-state index contributed by atoms with van der Waals surface area (Å²) in [5.74, 6) is -1.67. The van der Waals surface area contributed by atoms with Crippen LogP contribution in [0.5, 0.6) is 0 Å². The maximum absolute atomic E-state index is 11.8. The lowest BCUT2D eigenvalue weighted by atomic mass is 10.4. The van der Waals surface area contributed by atoms with Gasteiger partial charge < -0.3 is 5.11 Å². The number of carbonyl (C=O) groups is 1. The summed E-state index contributed by atoms with van der Waals surface area (Å²) >= 11 is 3.31. The molecule has 1 heterocycles. The van der Waals surface area contributed by atoms with Crippen molar-refractivity contribution in [3.05, 3.63) is 15.9 Å². The van der Waals surface area contributed by atoms with E-state index in [2.05, 4.69) is 21.0 Å². The highest BCUT2D eigenvalue weighted by Gasteiger charge is 2.20. The number of aliphatic carboxylic acids is 1. The van der Waals surface area contributed by atoms with Gasteiger partial charge in [-0.1, -0.05) is 0 Å². The largest absolute Gasteiger partial charge is 0.481 e. The van der Waals surface area contributed by atoms with E-state index < -0.39 is 15.8 Å². The van der Waals surface area contributed by atoms with Crippen LogP contribution in [0.25, 0.3) is 0 Å². The quantitative estimate of drug-likeness (QED) is 0.845. The van der Waals surface area contributed by atoms with Gasteiger partial charge in [-0.05, 0) is 29.8 Å². The van der Waals surface area contributed by atoms with Crippen LogP contribution >= 0.6 is 15.9 Å². The molecule has 0 saturated carbocycles. The van der Waals surface area contributed by atoms with Gasteiger partial charge in [0.2, 0.25) is 0 Å². The van der Waals surface area contributed by atoms with Gasteiger partial charge in [-0.2, -0.15) is 5.10 Å². The molecule has 1 rings (SSSR count). The number of rotatable bonds is 6. The number of halogens is 1. The third-order valence-electron chi connectivity index (χ3n) is 2.44. The first-order valence-electron chi connectivity index (χ1n) is 5.41. The van der Waals surface area contributed by atoms with E-state index in [-0.39, 0.29) is 17.9 Å². The fourth-order valence-corrected chi connectivity index (χ4v) is 3.48. The molecule has 0 amide bonds. The highest BCUT2D eigenvalue weighted by atomic mass is 79.9. The first-order valence-corrected chi connectivity index (χ1v) is 8.02. The average Bonchev–Trinajstić information content (AvgIpc) is 2.54. The lowest BCUT2D eigenvalue weighted by molar-refractivity contribution is -0.136. The lowest BCUT2D eigenvalue weighted by Crippen LogP contribution is -2.15. The monoisotopic (exact) mass is 338 g/mol. The van der Waals surface area contributed by atoms with Gasteiger partial charge in [0.25, 0.3) is 0 Å². The highest BCUT2D eigenvalue weighted by molar-refractivity contribution is 9.10. The Balaban J connectivity index is 2.93. The number of nitrogens with zero attached hydrogens (tertiary/aromatic N) is 2. The Morgan fingerprint density at radius 1 is 1.50 bits per heavy atom. The van der Waals surface area contributed by atoms with Crippen LogP contribution in [0.1, 0.15) is 24.7 Å². The smallest absolute Gasteiger partial charge is 0.304 e. The van der Waals surface area contributed by atoms with Crippen LogP contribution in [0.3, 0.4) is 0 Å². The SMILES string of the molecule is CCn1nc(C)c(Br)c1CS(=O)(=O)CCC(=O)O. The van der Waals surface area contributed by atoms with Gasteiger partial charge in [-0.25, -0.2) is 8.42 Å². The minimum absolute atomic E-state index is 0.199. The molecule has 0 atom stereocenters. The topological polar surface area (TPSA) is 89.3 Å². The van der Waals surface area contributed by atoms with E-state index in [0.29, 0.717) is 16.7 Å². The number of sulfone groups is 1. The summed E-state index contributed by atoms with van der Waals surface area (Å²) in [6.45, 7) is 4.21. The van der Waals surface area contributed by atoms with Crippen molar-refractivity contribution in [2.24, 2.45) is 0 Å². The van der Waals surface area contributed by atoms with Crippen LogP contribution in [0.15, 0.2) is 4.47 Å². The predicted octanol–water partition coefficient (Wildman–Crippen LogP) is 1.36. The molecule has 0 aliphatic heterocycles. The van der Waals surface area contributed by atoms with E-state index in [1.807, 2.05) is 6.92 Å². The second-order valence-electron chi connectivity index (χ2n) is 3.90. The standard InChI is InChI=1S/C10H15BrN2O4S/c1-3-13-8(10(11)7(2)12-13)6-18(16,17)5-4-9(14)15/h3-6H2,1-2H3,(H,14,15). The summed E-state index contributed by atoms with van der Waals surface area (Å²) in [6, 6.07) is 0. The number of hydrogen-bond donors (Lipinski definition) is 1. The highest BCUT2D eigenvalue weighted by Crippen LogP contribution is 2.23. The van der Waals surface area contributed by atoms with Crippen LogP contribution in [0.4, 0.5) is 0 Å². The predicted molar refractivity (Wildman–Crippen MR) is 70.1 cm³/mol. The Hall–Kier alpha value is -0.890. The van der Waals surface area contributed by atoms with E-state index in [1.165, 1.54) is 0 Å². The third kappa shape index (κ3) is 3.81. The first-order chi connectivity index (χ1) is 8.26. The molecule has 0 spiro atoms. The number of hydrogen-bond acceptors (Lipinski definition) is 4. The molecule has 0 aliphatic carbocycles. The number of aryl methyl sites for hydroxylation is 2. The number of carboxylic acids is 1. The maximum Gasteiger partial charge on any atom is 0.304 e. The van der Waals surface area contributed by atoms with Crippen LogP contribution in [0, 0.1) is 6.92 Å². The summed E-state index contributed by atoms with van der Waals surface area (Å²) in [6.07, 6.45) is -0.376. The van der Waals surface area contributed by atoms with E-state index >= 15 is 0 Å². The van der Waals surface area contributed by atoms with Gasteiger partial charge in [0.05, 0.1) is 33.8 Å². The van der Waals surface area contributed by atoms with Gasteiger partial charge >= 0.3 is 5.97 Å². The molecule has 0 aliphatic rings. The molecular weight excluding hydrogens is 324 g/mol. The molecule has 1 aromatic rings. The molecule has 18 heavy (non-hydrogen) atoms. The maximum atomic E-state index is 11.8. The molecule has 102 valence electrons. The van der Waals surface area contributed by atoms with Crippen LogP contribution in [0.2, 0.25) is 0 Å². The Morgan fingerprint density at radius 2 is 2.11 bits per heavy atom. The Kier molecular flexibility index (Phi) is 4.92. The molecule has 1 N–H and O–H groups in total. The number of carboxylic acid groups (broad SMARTS) is 1. The zero-order valence-electron chi connectivity index (χ0n) is 10.2. The van der Waals surface area contributed by atoms with Gasteiger partial charge in [0, 0.05) is 6.54 Å². The van der Waals surface area contributed by atoms with E-state index in [1.54, 1.807) is 11.6 Å². The Labute approximate surface area is 114 Å². The minimum atomic E-state index is -3.44. The van der Waals surface area contributed by atoms with Crippen molar-refractivity contribution in [2.45, 2.75) is 32.6 Å². The molecule has 0 fully saturated rings. The Bertz CT molecular complexity index is 550. The van der Waals surface area contributed by atoms with E-state index in [9.17, 15) is 13.2 Å². The van der Waals surface area contributed by atoms with Crippen molar-refractivity contribution in [2.75, 3.05) is 5.75 Å². The summed E-state index contributed by atoms with van der Waals surface area (Å²) < 4.78 is 25.9. The summed E-state index contributed by atoms with van der Waals surface area (Å²) in [7, 11) is -3.44. The fourth-order valence-electron chi connectivity index (χ4n) is 1.53. The van der Waals surface area contributed by atoms with Crippen LogP contribution in [-0.2, 0) is 26.9 Å². The lowest BCUT2D eigenvalue weighted by Gasteiger charge is -2.06. The van der Waals surface area contributed by atoms with Gasteiger partial charge in [0.15, 0.2) is 9.84 Å².